The number of hydrogen-bond acceptors (Lipinski definition) is 0. The quantitative estimate of drug-likeness (QED) is 0.442. The molecule has 0 bridgehead atoms. The van der Waals surface area contributed by atoms with Crippen molar-refractivity contribution in [3.8, 4) is 0 Å². The van der Waals surface area contributed by atoms with Gasteiger partial charge in [-0.25, -0.2) is 0 Å². The number of allylic oxidation sites excluding steroid dienone is 2. The van der Waals surface area contributed by atoms with Crippen molar-refractivity contribution in [3.63, 3.8) is 0 Å². The van der Waals surface area contributed by atoms with Crippen LogP contribution < -0.4 is 0 Å². The Kier molecular flexibility index (Phi) is 5.85. The highest BCUT2D eigenvalue weighted by atomic mass is 19.4. The van der Waals surface area contributed by atoms with Crippen molar-refractivity contribution >= 4 is 0 Å². The highest BCUT2D eigenvalue weighted by molar-refractivity contribution is 4.81. The number of unbranched alkanes of at least 4 members (excludes halogenated alkanes) is 2. The fraction of sp³-hybridized carbons (Fsp3) is 0.778. The van der Waals surface area contributed by atoms with Crippen molar-refractivity contribution in [2.24, 2.45) is 0 Å². The maximum Gasteiger partial charge on any atom is 0.389 e. The maximum atomic E-state index is 11.6. The van der Waals surface area contributed by atoms with Gasteiger partial charge in [0.15, 0.2) is 0 Å². The molecule has 0 saturated carbocycles. The van der Waals surface area contributed by atoms with Gasteiger partial charge in [-0.1, -0.05) is 31.9 Å². The van der Waals surface area contributed by atoms with Crippen LogP contribution in [0.5, 0.6) is 0 Å². The first-order valence-electron chi connectivity index (χ1n) is 4.28. The van der Waals surface area contributed by atoms with Crippen molar-refractivity contribution in [1.82, 2.24) is 0 Å². The van der Waals surface area contributed by atoms with Gasteiger partial charge in [0.1, 0.15) is 0 Å². The molecule has 0 aromatic rings. The second-order valence-corrected chi connectivity index (χ2v) is 2.77. The Balaban J connectivity index is 3.25. The average Bonchev–Trinajstić information content (AvgIpc) is 1.94. The van der Waals surface area contributed by atoms with E-state index in [9.17, 15) is 13.2 Å². The molecule has 0 rings (SSSR count). The van der Waals surface area contributed by atoms with Crippen LogP contribution in [0, 0.1) is 0 Å². The summed E-state index contributed by atoms with van der Waals surface area (Å²) in [5, 5.41) is 0. The summed E-state index contributed by atoms with van der Waals surface area (Å²) >= 11 is 0. The van der Waals surface area contributed by atoms with Gasteiger partial charge in [-0.3, -0.25) is 0 Å². The van der Waals surface area contributed by atoms with E-state index in [1.165, 1.54) is 0 Å². The summed E-state index contributed by atoms with van der Waals surface area (Å²) in [4.78, 5) is 0. The van der Waals surface area contributed by atoms with E-state index < -0.39 is 12.6 Å². The standard InChI is InChI=1S/C9H15F3/c1-2-3-4-5-6-7-8-9(10,11)12/h5-6H,2-4,7-8H2,1H3. The lowest BCUT2D eigenvalue weighted by Crippen LogP contribution is -2.05. The minimum Gasteiger partial charge on any atom is -0.171 e. The van der Waals surface area contributed by atoms with Crippen molar-refractivity contribution in [1.29, 1.82) is 0 Å². The Hall–Kier alpha value is -0.470. The topological polar surface area (TPSA) is 0 Å². The summed E-state index contributed by atoms with van der Waals surface area (Å²) in [6, 6.07) is 0. The van der Waals surface area contributed by atoms with E-state index in [0.717, 1.165) is 19.3 Å². The average molecular weight is 180 g/mol. The fourth-order valence-electron chi connectivity index (χ4n) is 0.805. The Morgan fingerprint density at radius 2 is 1.67 bits per heavy atom. The van der Waals surface area contributed by atoms with E-state index in [1.54, 1.807) is 6.08 Å². The Morgan fingerprint density at radius 3 is 2.17 bits per heavy atom. The van der Waals surface area contributed by atoms with Crippen molar-refractivity contribution in [2.45, 2.75) is 45.2 Å². The molecule has 0 aromatic heterocycles. The smallest absolute Gasteiger partial charge is 0.171 e. The monoisotopic (exact) mass is 180 g/mol. The van der Waals surface area contributed by atoms with Crippen LogP contribution in [0.15, 0.2) is 12.2 Å². The first-order chi connectivity index (χ1) is 5.56. The van der Waals surface area contributed by atoms with Crippen LogP contribution in [0.25, 0.3) is 0 Å². The highest BCUT2D eigenvalue weighted by Crippen LogP contribution is 2.21. The summed E-state index contributed by atoms with van der Waals surface area (Å²) in [6.07, 6.45) is 1.90. The molecule has 0 aliphatic heterocycles. The zero-order chi connectivity index (χ0) is 9.45. The van der Waals surface area contributed by atoms with Crippen LogP contribution >= 0.6 is 0 Å². The van der Waals surface area contributed by atoms with Crippen molar-refractivity contribution < 1.29 is 13.2 Å². The first kappa shape index (κ1) is 11.5. The van der Waals surface area contributed by atoms with Crippen molar-refractivity contribution in [2.75, 3.05) is 0 Å². The molecule has 0 unspecified atom stereocenters. The van der Waals surface area contributed by atoms with Gasteiger partial charge in [0.05, 0.1) is 0 Å². The van der Waals surface area contributed by atoms with Gasteiger partial charge in [0, 0.05) is 6.42 Å². The summed E-state index contributed by atoms with van der Waals surface area (Å²) in [5.74, 6) is 0. The predicted octanol–water partition coefficient (Wildman–Crippen LogP) is 4.08. The molecule has 0 aliphatic rings. The third-order valence-electron chi connectivity index (χ3n) is 1.49. The molecule has 3 heteroatoms. The molecule has 72 valence electrons. The molecule has 0 radical (unpaired) electrons. The van der Waals surface area contributed by atoms with Gasteiger partial charge in [-0.15, -0.1) is 0 Å². The molecule has 0 amide bonds. The summed E-state index contributed by atoms with van der Waals surface area (Å²) in [6.45, 7) is 2.06. The van der Waals surface area contributed by atoms with Gasteiger partial charge in [0.2, 0.25) is 0 Å². The SMILES string of the molecule is CCCCC=CCCC(F)(F)F. The van der Waals surface area contributed by atoms with Gasteiger partial charge < -0.3 is 0 Å². The minimum atomic E-state index is -4.00. The molecule has 0 heterocycles. The molecule has 0 atom stereocenters. The van der Waals surface area contributed by atoms with Gasteiger partial charge >= 0.3 is 6.18 Å². The fourth-order valence-corrected chi connectivity index (χ4v) is 0.805. The molecule has 12 heavy (non-hydrogen) atoms. The number of halogens is 3. The zero-order valence-electron chi connectivity index (χ0n) is 7.32. The second kappa shape index (κ2) is 6.09. The molecular weight excluding hydrogens is 165 g/mol. The predicted molar refractivity (Wildman–Crippen MR) is 44.0 cm³/mol. The molecule has 0 aliphatic carbocycles. The Morgan fingerprint density at radius 1 is 1.08 bits per heavy atom. The van der Waals surface area contributed by atoms with E-state index in [-0.39, 0.29) is 6.42 Å². The molecule has 0 nitrogen and oxygen atoms in total. The molecule has 0 saturated heterocycles. The molecular formula is C9H15F3. The maximum absolute atomic E-state index is 11.6. The highest BCUT2D eigenvalue weighted by Gasteiger charge is 2.25. The number of rotatable bonds is 5. The molecule has 0 aromatic carbocycles. The second-order valence-electron chi connectivity index (χ2n) is 2.77. The third-order valence-corrected chi connectivity index (χ3v) is 1.49. The van der Waals surface area contributed by atoms with E-state index in [2.05, 4.69) is 6.92 Å². The lowest BCUT2D eigenvalue weighted by molar-refractivity contribution is -0.133. The van der Waals surface area contributed by atoms with E-state index in [0.29, 0.717) is 0 Å². The Bertz CT molecular complexity index is 124. The molecule has 0 N–H and O–H groups in total. The lowest BCUT2D eigenvalue weighted by atomic mass is 10.2. The van der Waals surface area contributed by atoms with Crippen LogP contribution in [0.4, 0.5) is 13.2 Å². The van der Waals surface area contributed by atoms with E-state index >= 15 is 0 Å². The van der Waals surface area contributed by atoms with Gasteiger partial charge in [-0.05, 0) is 12.8 Å². The van der Waals surface area contributed by atoms with Gasteiger partial charge in [0.25, 0.3) is 0 Å². The van der Waals surface area contributed by atoms with Crippen molar-refractivity contribution in [3.05, 3.63) is 12.2 Å². The van der Waals surface area contributed by atoms with Crippen LogP contribution in [0.3, 0.4) is 0 Å². The summed E-state index contributed by atoms with van der Waals surface area (Å²) in [5.41, 5.74) is 0. The molecule has 0 fully saturated rings. The van der Waals surface area contributed by atoms with Gasteiger partial charge in [-0.2, -0.15) is 13.2 Å². The molecule has 0 spiro atoms. The minimum absolute atomic E-state index is 0.118. The third kappa shape index (κ3) is 9.53. The zero-order valence-corrected chi connectivity index (χ0v) is 7.32. The van der Waals surface area contributed by atoms with Crippen LogP contribution in [0.1, 0.15) is 39.0 Å². The lowest BCUT2D eigenvalue weighted by Gasteiger charge is -2.01. The number of alkyl halides is 3. The summed E-state index contributed by atoms with van der Waals surface area (Å²) in [7, 11) is 0. The van der Waals surface area contributed by atoms with Crippen LogP contribution in [0.2, 0.25) is 0 Å². The Labute approximate surface area is 71.5 Å². The summed E-state index contributed by atoms with van der Waals surface area (Å²) < 4.78 is 34.8. The first-order valence-corrected chi connectivity index (χ1v) is 4.28. The largest absolute Gasteiger partial charge is 0.389 e. The van der Waals surface area contributed by atoms with E-state index in [1.807, 2.05) is 6.08 Å². The van der Waals surface area contributed by atoms with Crippen LogP contribution in [-0.4, -0.2) is 6.18 Å². The number of hydrogen-bond donors (Lipinski definition) is 0. The van der Waals surface area contributed by atoms with E-state index in [4.69, 9.17) is 0 Å². The normalized spacial score (nSPS) is 12.7. The van der Waals surface area contributed by atoms with Crippen LogP contribution in [-0.2, 0) is 0 Å².